The van der Waals surface area contributed by atoms with Gasteiger partial charge in [-0.3, -0.25) is 0 Å². The van der Waals surface area contributed by atoms with E-state index in [1.54, 1.807) is 0 Å². The number of rotatable bonds is 4. The third kappa shape index (κ3) is 3.08. The van der Waals surface area contributed by atoms with Gasteiger partial charge in [-0.15, -0.1) is 0 Å². The number of ether oxygens (including phenoxy) is 1. The molecule has 0 amide bonds. The van der Waals surface area contributed by atoms with Crippen LogP contribution in [-0.4, -0.2) is 20.3 Å². The summed E-state index contributed by atoms with van der Waals surface area (Å²) in [7, 11) is 2.06. The van der Waals surface area contributed by atoms with Crippen molar-refractivity contribution in [1.82, 2.24) is 5.32 Å². The molecular weight excluding hydrogens is 210 g/mol. The van der Waals surface area contributed by atoms with Gasteiger partial charge >= 0.3 is 0 Å². The van der Waals surface area contributed by atoms with Crippen LogP contribution >= 0.6 is 0 Å². The van der Waals surface area contributed by atoms with Gasteiger partial charge in [0.1, 0.15) is 0 Å². The molecule has 0 aromatic heterocycles. The second-order valence-electron chi connectivity index (χ2n) is 5.17. The predicted molar refractivity (Wildman–Crippen MR) is 71.3 cm³/mol. The molecule has 1 heterocycles. The molecular formula is C15H23NO. The molecule has 0 bridgehead atoms. The highest BCUT2D eigenvalue weighted by Gasteiger charge is 2.21. The fourth-order valence-corrected chi connectivity index (χ4v) is 2.72. The smallest absolute Gasteiger partial charge is 0.0495 e. The minimum absolute atomic E-state index is 0.460. The summed E-state index contributed by atoms with van der Waals surface area (Å²) in [6, 6.07) is 7.20. The molecule has 2 atom stereocenters. The van der Waals surface area contributed by atoms with Crippen molar-refractivity contribution < 1.29 is 4.74 Å². The van der Waals surface area contributed by atoms with Gasteiger partial charge in [-0.1, -0.05) is 23.8 Å². The SMILES string of the molecule is CNC(CC1CCOC1)c1ccc(C)cc1C. The van der Waals surface area contributed by atoms with E-state index >= 15 is 0 Å². The minimum Gasteiger partial charge on any atom is -0.381 e. The molecule has 0 saturated carbocycles. The third-order valence-electron chi connectivity index (χ3n) is 3.74. The lowest BCUT2D eigenvalue weighted by Crippen LogP contribution is -2.21. The first kappa shape index (κ1) is 12.6. The summed E-state index contributed by atoms with van der Waals surface area (Å²) in [6.07, 6.45) is 2.39. The normalized spacial score (nSPS) is 21.7. The van der Waals surface area contributed by atoms with Crippen LogP contribution in [0.1, 0.15) is 35.6 Å². The molecule has 1 N–H and O–H groups in total. The van der Waals surface area contributed by atoms with Gasteiger partial charge in [-0.25, -0.2) is 0 Å². The first-order valence-corrected chi connectivity index (χ1v) is 6.53. The zero-order valence-electron chi connectivity index (χ0n) is 11.1. The predicted octanol–water partition coefficient (Wildman–Crippen LogP) is 2.99. The Balaban J connectivity index is 2.10. The van der Waals surface area contributed by atoms with Crippen LogP contribution in [0.25, 0.3) is 0 Å². The highest BCUT2D eigenvalue weighted by atomic mass is 16.5. The molecule has 1 aliphatic rings. The van der Waals surface area contributed by atoms with E-state index in [4.69, 9.17) is 4.74 Å². The van der Waals surface area contributed by atoms with Gasteiger partial charge in [-0.05, 0) is 50.8 Å². The lowest BCUT2D eigenvalue weighted by molar-refractivity contribution is 0.181. The van der Waals surface area contributed by atoms with Crippen molar-refractivity contribution in [2.75, 3.05) is 20.3 Å². The van der Waals surface area contributed by atoms with Crippen molar-refractivity contribution in [2.45, 2.75) is 32.7 Å². The molecule has 1 saturated heterocycles. The topological polar surface area (TPSA) is 21.3 Å². The average molecular weight is 233 g/mol. The third-order valence-corrected chi connectivity index (χ3v) is 3.74. The van der Waals surface area contributed by atoms with Crippen molar-refractivity contribution in [3.05, 3.63) is 34.9 Å². The van der Waals surface area contributed by atoms with Crippen LogP contribution in [0.3, 0.4) is 0 Å². The Hall–Kier alpha value is -0.860. The number of hydrogen-bond acceptors (Lipinski definition) is 2. The Labute approximate surface area is 104 Å². The largest absolute Gasteiger partial charge is 0.381 e. The monoisotopic (exact) mass is 233 g/mol. The minimum atomic E-state index is 0.460. The van der Waals surface area contributed by atoms with Gasteiger partial charge in [0.15, 0.2) is 0 Å². The molecule has 2 unspecified atom stereocenters. The highest BCUT2D eigenvalue weighted by molar-refractivity contribution is 5.32. The second kappa shape index (κ2) is 5.65. The average Bonchev–Trinajstić information content (AvgIpc) is 2.79. The molecule has 1 aromatic rings. The second-order valence-corrected chi connectivity index (χ2v) is 5.17. The van der Waals surface area contributed by atoms with E-state index in [0.717, 1.165) is 13.2 Å². The van der Waals surface area contributed by atoms with Crippen LogP contribution in [0.4, 0.5) is 0 Å². The van der Waals surface area contributed by atoms with Gasteiger partial charge < -0.3 is 10.1 Å². The fraction of sp³-hybridized carbons (Fsp3) is 0.600. The van der Waals surface area contributed by atoms with Gasteiger partial charge in [0.2, 0.25) is 0 Å². The summed E-state index contributed by atoms with van der Waals surface area (Å²) in [5.74, 6) is 0.716. The van der Waals surface area contributed by atoms with Crippen LogP contribution in [0, 0.1) is 19.8 Å². The molecule has 2 nitrogen and oxygen atoms in total. The van der Waals surface area contributed by atoms with Crippen LogP contribution in [0.2, 0.25) is 0 Å². The summed E-state index contributed by atoms with van der Waals surface area (Å²) in [6.45, 7) is 6.23. The van der Waals surface area contributed by atoms with E-state index in [-0.39, 0.29) is 0 Å². The molecule has 2 heteroatoms. The van der Waals surface area contributed by atoms with E-state index in [9.17, 15) is 0 Å². The molecule has 1 aromatic carbocycles. The molecule has 2 rings (SSSR count). The van der Waals surface area contributed by atoms with Crippen LogP contribution in [0.15, 0.2) is 18.2 Å². The van der Waals surface area contributed by atoms with Crippen LogP contribution < -0.4 is 5.32 Å². The molecule has 1 fully saturated rings. The van der Waals surface area contributed by atoms with Crippen molar-refractivity contribution in [1.29, 1.82) is 0 Å². The number of aryl methyl sites for hydroxylation is 2. The molecule has 0 radical (unpaired) electrons. The van der Waals surface area contributed by atoms with E-state index in [1.807, 2.05) is 0 Å². The summed E-state index contributed by atoms with van der Waals surface area (Å²) in [5, 5.41) is 3.45. The first-order valence-electron chi connectivity index (χ1n) is 6.53. The zero-order chi connectivity index (χ0) is 12.3. The van der Waals surface area contributed by atoms with E-state index in [1.165, 1.54) is 29.5 Å². The summed E-state index contributed by atoms with van der Waals surface area (Å²) < 4.78 is 5.46. The summed E-state index contributed by atoms with van der Waals surface area (Å²) >= 11 is 0. The molecule has 1 aliphatic heterocycles. The van der Waals surface area contributed by atoms with Gasteiger partial charge in [0.05, 0.1) is 0 Å². The lowest BCUT2D eigenvalue weighted by Gasteiger charge is -2.22. The van der Waals surface area contributed by atoms with E-state index < -0.39 is 0 Å². The lowest BCUT2D eigenvalue weighted by atomic mass is 9.91. The van der Waals surface area contributed by atoms with Gasteiger partial charge in [0.25, 0.3) is 0 Å². The Morgan fingerprint density at radius 1 is 1.41 bits per heavy atom. The standard InChI is InChI=1S/C15H23NO/c1-11-4-5-14(12(2)8-11)15(16-3)9-13-6-7-17-10-13/h4-5,8,13,15-16H,6-7,9-10H2,1-3H3. The quantitative estimate of drug-likeness (QED) is 0.863. The Morgan fingerprint density at radius 3 is 2.82 bits per heavy atom. The highest BCUT2D eigenvalue weighted by Crippen LogP contribution is 2.28. The summed E-state index contributed by atoms with van der Waals surface area (Å²) in [4.78, 5) is 0. The van der Waals surface area contributed by atoms with Crippen molar-refractivity contribution in [3.8, 4) is 0 Å². The Kier molecular flexibility index (Phi) is 4.19. The van der Waals surface area contributed by atoms with Gasteiger partial charge in [0, 0.05) is 19.3 Å². The number of hydrogen-bond donors (Lipinski definition) is 1. The van der Waals surface area contributed by atoms with Crippen LogP contribution in [-0.2, 0) is 4.74 Å². The van der Waals surface area contributed by atoms with E-state index in [0.29, 0.717) is 12.0 Å². The fourth-order valence-electron chi connectivity index (χ4n) is 2.72. The molecule has 94 valence electrons. The molecule has 17 heavy (non-hydrogen) atoms. The molecule has 0 aliphatic carbocycles. The maximum atomic E-state index is 5.46. The Bertz CT molecular complexity index is 369. The summed E-state index contributed by atoms with van der Waals surface area (Å²) in [5.41, 5.74) is 4.17. The van der Waals surface area contributed by atoms with Crippen LogP contribution in [0.5, 0.6) is 0 Å². The van der Waals surface area contributed by atoms with Crippen molar-refractivity contribution in [3.63, 3.8) is 0 Å². The zero-order valence-corrected chi connectivity index (χ0v) is 11.1. The molecule has 0 spiro atoms. The maximum absolute atomic E-state index is 5.46. The first-order chi connectivity index (χ1) is 8.20. The Morgan fingerprint density at radius 2 is 2.24 bits per heavy atom. The van der Waals surface area contributed by atoms with Gasteiger partial charge in [-0.2, -0.15) is 0 Å². The maximum Gasteiger partial charge on any atom is 0.0495 e. The number of nitrogens with one attached hydrogen (secondary N) is 1. The van der Waals surface area contributed by atoms with Crippen molar-refractivity contribution >= 4 is 0 Å². The van der Waals surface area contributed by atoms with Crippen molar-refractivity contribution in [2.24, 2.45) is 5.92 Å². The number of benzene rings is 1. The van der Waals surface area contributed by atoms with E-state index in [2.05, 4.69) is 44.4 Å².